The molecule has 2 aliphatic rings. The molecule has 1 saturated heterocycles. The number of hydrogen-bond donors (Lipinski definition) is 1. The molecule has 1 aliphatic heterocycles. The van der Waals surface area contributed by atoms with Gasteiger partial charge in [-0.05, 0) is 54.2 Å². The minimum Gasteiger partial charge on any atom is -0.497 e. The highest BCUT2D eigenvalue weighted by atomic mass is 16.5. The number of nitrogens with zero attached hydrogens (tertiary/aromatic N) is 4. The molecular formula is C21H32N5O2+. The van der Waals surface area contributed by atoms with Crippen LogP contribution >= 0.6 is 0 Å². The van der Waals surface area contributed by atoms with Crippen LogP contribution in [0, 0.1) is 5.92 Å². The SMILES string of the molecule is COc1ccc([C@H](c2nnnn2C2CCCC2)[NH+]2CCC(C)CC2)c(OC)c1. The van der Waals surface area contributed by atoms with Gasteiger partial charge in [-0.2, -0.15) is 0 Å². The molecule has 1 aliphatic carbocycles. The number of likely N-dealkylation sites (tertiary alicyclic amines) is 1. The summed E-state index contributed by atoms with van der Waals surface area (Å²) in [6.45, 7) is 4.60. The number of hydrogen-bond acceptors (Lipinski definition) is 5. The minimum absolute atomic E-state index is 0.0731. The number of tetrazole rings is 1. The van der Waals surface area contributed by atoms with E-state index in [9.17, 15) is 0 Å². The maximum absolute atomic E-state index is 5.77. The van der Waals surface area contributed by atoms with Gasteiger partial charge in [0.2, 0.25) is 5.82 Å². The van der Waals surface area contributed by atoms with Gasteiger partial charge >= 0.3 is 0 Å². The molecule has 2 fully saturated rings. The molecule has 1 aromatic heterocycles. The van der Waals surface area contributed by atoms with Crippen molar-refractivity contribution in [1.29, 1.82) is 0 Å². The Morgan fingerprint density at radius 1 is 1.07 bits per heavy atom. The van der Waals surface area contributed by atoms with E-state index in [1.807, 2.05) is 12.1 Å². The highest BCUT2D eigenvalue weighted by molar-refractivity contribution is 5.43. The Morgan fingerprint density at radius 2 is 1.82 bits per heavy atom. The Balaban J connectivity index is 1.76. The molecule has 28 heavy (non-hydrogen) atoms. The van der Waals surface area contributed by atoms with Crippen LogP contribution in [0.25, 0.3) is 0 Å². The Labute approximate surface area is 167 Å². The van der Waals surface area contributed by atoms with E-state index in [4.69, 9.17) is 9.47 Å². The number of aromatic nitrogens is 4. The number of quaternary nitrogens is 1. The fourth-order valence-electron chi connectivity index (χ4n) is 4.82. The first-order valence-corrected chi connectivity index (χ1v) is 10.6. The molecule has 2 heterocycles. The summed E-state index contributed by atoms with van der Waals surface area (Å²) in [4.78, 5) is 1.52. The zero-order valence-corrected chi connectivity index (χ0v) is 17.2. The van der Waals surface area contributed by atoms with Gasteiger partial charge in [-0.25, -0.2) is 4.68 Å². The van der Waals surface area contributed by atoms with Crippen LogP contribution in [0.3, 0.4) is 0 Å². The van der Waals surface area contributed by atoms with Crippen LogP contribution in [0.2, 0.25) is 0 Å². The summed E-state index contributed by atoms with van der Waals surface area (Å²) >= 11 is 0. The van der Waals surface area contributed by atoms with Crippen LogP contribution in [0.5, 0.6) is 11.5 Å². The number of methoxy groups -OCH3 is 2. The van der Waals surface area contributed by atoms with E-state index in [-0.39, 0.29) is 6.04 Å². The Bertz CT molecular complexity index is 779. The lowest BCUT2D eigenvalue weighted by Crippen LogP contribution is -3.13. The normalized spacial score (nSPS) is 24.2. The van der Waals surface area contributed by atoms with Crippen molar-refractivity contribution in [2.24, 2.45) is 5.92 Å². The summed E-state index contributed by atoms with van der Waals surface area (Å²) in [5.41, 5.74) is 1.14. The van der Waals surface area contributed by atoms with Gasteiger partial charge in [0.15, 0.2) is 6.04 Å². The van der Waals surface area contributed by atoms with Crippen LogP contribution < -0.4 is 14.4 Å². The van der Waals surface area contributed by atoms with Crippen molar-refractivity contribution in [3.8, 4) is 11.5 Å². The zero-order chi connectivity index (χ0) is 19.5. The first-order chi connectivity index (χ1) is 13.7. The molecule has 152 valence electrons. The highest BCUT2D eigenvalue weighted by Crippen LogP contribution is 2.35. The van der Waals surface area contributed by atoms with Crippen LogP contribution in [0.15, 0.2) is 18.2 Å². The van der Waals surface area contributed by atoms with E-state index in [1.165, 1.54) is 30.6 Å². The molecule has 7 nitrogen and oxygen atoms in total. The summed E-state index contributed by atoms with van der Waals surface area (Å²) in [7, 11) is 3.41. The third kappa shape index (κ3) is 3.72. The van der Waals surface area contributed by atoms with E-state index >= 15 is 0 Å². The van der Waals surface area contributed by atoms with E-state index in [0.717, 1.165) is 54.7 Å². The molecule has 2 aromatic rings. The molecule has 1 N–H and O–H groups in total. The molecule has 1 saturated carbocycles. The van der Waals surface area contributed by atoms with Gasteiger partial charge < -0.3 is 14.4 Å². The highest BCUT2D eigenvalue weighted by Gasteiger charge is 2.37. The monoisotopic (exact) mass is 386 g/mol. The summed E-state index contributed by atoms with van der Waals surface area (Å²) in [5, 5.41) is 13.1. The van der Waals surface area contributed by atoms with Gasteiger partial charge in [-0.15, -0.1) is 5.10 Å². The van der Waals surface area contributed by atoms with E-state index in [0.29, 0.717) is 6.04 Å². The Morgan fingerprint density at radius 3 is 2.50 bits per heavy atom. The van der Waals surface area contributed by atoms with Crippen molar-refractivity contribution in [1.82, 2.24) is 20.2 Å². The van der Waals surface area contributed by atoms with Gasteiger partial charge in [0.25, 0.3) is 0 Å². The van der Waals surface area contributed by atoms with Crippen molar-refractivity contribution in [2.75, 3.05) is 27.3 Å². The average Bonchev–Trinajstić information content (AvgIpc) is 3.41. The molecule has 7 heteroatoms. The molecule has 0 amide bonds. The molecule has 4 rings (SSSR count). The fourth-order valence-corrected chi connectivity index (χ4v) is 4.82. The van der Waals surface area contributed by atoms with Crippen LogP contribution in [0.4, 0.5) is 0 Å². The zero-order valence-electron chi connectivity index (χ0n) is 17.2. The molecule has 1 atom stereocenters. The third-order valence-corrected chi connectivity index (χ3v) is 6.52. The van der Waals surface area contributed by atoms with E-state index in [1.54, 1.807) is 14.2 Å². The first kappa shape index (κ1) is 19.2. The van der Waals surface area contributed by atoms with Crippen LogP contribution in [0.1, 0.15) is 68.9 Å². The number of nitrogens with one attached hydrogen (secondary N) is 1. The van der Waals surface area contributed by atoms with Gasteiger partial charge in [-0.1, -0.05) is 19.8 Å². The number of piperidine rings is 1. The second-order valence-corrected chi connectivity index (χ2v) is 8.30. The van der Waals surface area contributed by atoms with Crippen molar-refractivity contribution in [2.45, 2.75) is 57.5 Å². The summed E-state index contributed by atoms with van der Waals surface area (Å²) in [6, 6.07) is 6.60. The number of rotatable bonds is 6. The predicted molar refractivity (Wildman–Crippen MR) is 106 cm³/mol. The quantitative estimate of drug-likeness (QED) is 0.825. The Hall–Kier alpha value is -2.15. The topological polar surface area (TPSA) is 66.5 Å². The lowest BCUT2D eigenvalue weighted by Gasteiger charge is -2.34. The average molecular weight is 387 g/mol. The lowest BCUT2D eigenvalue weighted by molar-refractivity contribution is -0.932. The Kier molecular flexibility index (Phi) is 5.80. The minimum atomic E-state index is 0.0731. The smallest absolute Gasteiger partial charge is 0.214 e. The molecule has 0 bridgehead atoms. The fraction of sp³-hybridized carbons (Fsp3) is 0.667. The van der Waals surface area contributed by atoms with Crippen molar-refractivity contribution < 1.29 is 14.4 Å². The number of ether oxygens (including phenoxy) is 2. The summed E-state index contributed by atoms with van der Waals surface area (Å²) < 4.78 is 13.3. The second-order valence-electron chi connectivity index (χ2n) is 8.30. The van der Waals surface area contributed by atoms with Crippen LogP contribution in [-0.4, -0.2) is 47.5 Å². The van der Waals surface area contributed by atoms with Gasteiger partial charge in [0.05, 0.1) is 38.9 Å². The molecule has 0 radical (unpaired) electrons. The van der Waals surface area contributed by atoms with Crippen LogP contribution in [-0.2, 0) is 0 Å². The summed E-state index contributed by atoms with van der Waals surface area (Å²) in [6.07, 6.45) is 7.31. The van der Waals surface area contributed by atoms with Crippen molar-refractivity contribution >= 4 is 0 Å². The van der Waals surface area contributed by atoms with Crippen molar-refractivity contribution in [3.05, 3.63) is 29.6 Å². The summed E-state index contributed by atoms with van der Waals surface area (Å²) in [5.74, 6) is 3.40. The first-order valence-electron chi connectivity index (χ1n) is 10.6. The number of benzene rings is 1. The largest absolute Gasteiger partial charge is 0.497 e. The molecule has 0 unspecified atom stereocenters. The van der Waals surface area contributed by atoms with Gasteiger partial charge in [0, 0.05) is 6.07 Å². The second kappa shape index (κ2) is 8.47. The van der Waals surface area contributed by atoms with Gasteiger partial charge in [-0.3, -0.25) is 0 Å². The van der Waals surface area contributed by atoms with Crippen molar-refractivity contribution in [3.63, 3.8) is 0 Å². The van der Waals surface area contributed by atoms with E-state index < -0.39 is 0 Å². The maximum Gasteiger partial charge on any atom is 0.214 e. The standard InChI is InChI=1S/C21H31N5O2/c1-15-10-12-25(13-11-15)20(18-9-8-17(27-2)14-19(18)28-3)21-22-23-24-26(21)16-6-4-5-7-16/h8-9,14-16,20H,4-7,10-13H2,1-3H3/p+1/t20-/m1/s1. The molecule has 1 aromatic carbocycles. The van der Waals surface area contributed by atoms with E-state index in [2.05, 4.69) is 33.2 Å². The maximum atomic E-state index is 5.77. The third-order valence-electron chi connectivity index (χ3n) is 6.52. The molecular weight excluding hydrogens is 354 g/mol. The predicted octanol–water partition coefficient (Wildman–Crippen LogP) is 2.21. The van der Waals surface area contributed by atoms with Gasteiger partial charge in [0.1, 0.15) is 11.5 Å². The lowest BCUT2D eigenvalue weighted by atomic mass is 9.94. The molecule has 0 spiro atoms.